The summed E-state index contributed by atoms with van der Waals surface area (Å²) >= 11 is 1.65. The lowest BCUT2D eigenvalue weighted by Gasteiger charge is -2.27. The molecule has 1 fully saturated rings. The van der Waals surface area contributed by atoms with Crippen LogP contribution in [0.3, 0.4) is 0 Å². The lowest BCUT2D eigenvalue weighted by Crippen LogP contribution is -2.36. The van der Waals surface area contributed by atoms with Crippen molar-refractivity contribution in [2.75, 3.05) is 18.0 Å². The van der Waals surface area contributed by atoms with Gasteiger partial charge in [0.1, 0.15) is 5.82 Å². The molecule has 1 saturated heterocycles. The van der Waals surface area contributed by atoms with Crippen LogP contribution in [0.1, 0.15) is 42.7 Å². The average Bonchev–Trinajstić information content (AvgIpc) is 3.16. The van der Waals surface area contributed by atoms with Crippen molar-refractivity contribution in [2.24, 2.45) is 0 Å². The third kappa shape index (κ3) is 4.47. The molecule has 1 atom stereocenters. The Morgan fingerprint density at radius 1 is 1.29 bits per heavy atom. The van der Waals surface area contributed by atoms with Crippen LogP contribution in [0.25, 0.3) is 0 Å². The molecule has 0 aromatic carbocycles. The number of nitrogens with one attached hydrogen (secondary N) is 2. The molecule has 2 aromatic rings. The monoisotopic (exact) mass is 344 g/mol. The Hall–Kier alpha value is -2.08. The normalized spacial score (nSPS) is 15.8. The Bertz CT molecular complexity index is 636. The van der Waals surface area contributed by atoms with Crippen LogP contribution in [0.5, 0.6) is 0 Å². The largest absolute Gasteiger partial charge is 0.357 e. The maximum Gasteiger partial charge on any atom is 0.315 e. The van der Waals surface area contributed by atoms with Gasteiger partial charge in [-0.2, -0.15) is 0 Å². The van der Waals surface area contributed by atoms with E-state index in [9.17, 15) is 4.79 Å². The van der Waals surface area contributed by atoms with Crippen LogP contribution in [0.2, 0.25) is 0 Å². The van der Waals surface area contributed by atoms with Crippen molar-refractivity contribution < 1.29 is 4.79 Å². The van der Waals surface area contributed by atoms with Gasteiger partial charge in [-0.3, -0.25) is 0 Å². The van der Waals surface area contributed by atoms with E-state index in [-0.39, 0.29) is 12.1 Å². The molecular weight excluding hydrogens is 320 g/mol. The number of urea groups is 1. The number of nitrogens with zero attached hydrogens (tertiary/aromatic N) is 2. The van der Waals surface area contributed by atoms with Crippen LogP contribution in [-0.4, -0.2) is 24.1 Å². The molecule has 1 aliphatic rings. The van der Waals surface area contributed by atoms with E-state index in [2.05, 4.69) is 26.6 Å². The molecule has 0 radical (unpaired) electrons. The minimum atomic E-state index is -0.156. The molecule has 3 rings (SSSR count). The van der Waals surface area contributed by atoms with Crippen LogP contribution in [-0.2, 0) is 6.54 Å². The molecule has 2 aromatic heterocycles. The molecular formula is C18H24N4OS. The van der Waals surface area contributed by atoms with E-state index in [4.69, 9.17) is 0 Å². The zero-order valence-corrected chi connectivity index (χ0v) is 14.8. The summed E-state index contributed by atoms with van der Waals surface area (Å²) in [4.78, 5) is 20.0. The molecule has 0 unspecified atom stereocenters. The first-order valence-electron chi connectivity index (χ1n) is 8.50. The van der Waals surface area contributed by atoms with E-state index < -0.39 is 0 Å². The first-order valence-corrected chi connectivity index (χ1v) is 9.38. The Balaban J connectivity index is 1.46. The van der Waals surface area contributed by atoms with Crippen molar-refractivity contribution in [3.05, 3.63) is 46.3 Å². The number of anilines is 1. The second kappa shape index (κ2) is 8.15. The molecule has 1 aliphatic heterocycles. The van der Waals surface area contributed by atoms with Crippen LogP contribution in [0.4, 0.5) is 10.6 Å². The number of hydrogen-bond donors (Lipinski definition) is 2. The number of piperidine rings is 1. The summed E-state index contributed by atoms with van der Waals surface area (Å²) in [6.07, 6.45) is 5.66. The minimum absolute atomic E-state index is 0.0182. The zero-order valence-electron chi connectivity index (χ0n) is 14.0. The van der Waals surface area contributed by atoms with Gasteiger partial charge < -0.3 is 15.5 Å². The predicted molar refractivity (Wildman–Crippen MR) is 98.4 cm³/mol. The fourth-order valence-corrected chi connectivity index (χ4v) is 3.60. The Labute approximate surface area is 147 Å². The second-order valence-corrected chi connectivity index (χ2v) is 7.12. The Morgan fingerprint density at radius 2 is 2.12 bits per heavy atom. The fraction of sp³-hybridized carbons (Fsp3) is 0.444. The first-order chi connectivity index (χ1) is 11.7. The average molecular weight is 344 g/mol. The van der Waals surface area contributed by atoms with Crippen molar-refractivity contribution >= 4 is 23.2 Å². The number of rotatable bonds is 5. The first kappa shape index (κ1) is 16.8. The molecule has 2 N–H and O–H groups in total. The van der Waals surface area contributed by atoms with Gasteiger partial charge in [0.2, 0.25) is 0 Å². The van der Waals surface area contributed by atoms with Gasteiger partial charge in [0.25, 0.3) is 0 Å². The third-order valence-corrected chi connectivity index (χ3v) is 5.31. The molecule has 0 bridgehead atoms. The van der Waals surface area contributed by atoms with E-state index in [0.29, 0.717) is 6.54 Å². The van der Waals surface area contributed by atoms with Gasteiger partial charge in [0.15, 0.2) is 0 Å². The van der Waals surface area contributed by atoms with E-state index in [1.54, 1.807) is 11.3 Å². The van der Waals surface area contributed by atoms with Gasteiger partial charge in [0, 0.05) is 30.7 Å². The number of amides is 2. The van der Waals surface area contributed by atoms with Crippen LogP contribution >= 0.6 is 11.3 Å². The maximum atomic E-state index is 12.0. The number of aromatic nitrogens is 1. The zero-order chi connectivity index (χ0) is 16.8. The topological polar surface area (TPSA) is 57.3 Å². The molecule has 128 valence electrons. The molecule has 0 aliphatic carbocycles. The third-order valence-electron chi connectivity index (χ3n) is 4.26. The van der Waals surface area contributed by atoms with Gasteiger partial charge in [-0.15, -0.1) is 11.3 Å². The van der Waals surface area contributed by atoms with E-state index in [1.165, 1.54) is 19.3 Å². The lowest BCUT2D eigenvalue weighted by molar-refractivity contribution is 0.237. The molecule has 2 amide bonds. The quantitative estimate of drug-likeness (QED) is 0.870. The molecule has 0 spiro atoms. The van der Waals surface area contributed by atoms with Gasteiger partial charge in [-0.1, -0.05) is 12.1 Å². The highest BCUT2D eigenvalue weighted by Gasteiger charge is 2.12. The molecule has 5 nitrogen and oxygen atoms in total. The number of carbonyl (C=O) groups excluding carboxylic acids is 1. The van der Waals surface area contributed by atoms with Crippen molar-refractivity contribution in [3.63, 3.8) is 0 Å². The lowest BCUT2D eigenvalue weighted by atomic mass is 10.1. The summed E-state index contributed by atoms with van der Waals surface area (Å²) in [6, 6.07) is 7.97. The van der Waals surface area contributed by atoms with E-state index in [0.717, 1.165) is 29.3 Å². The highest BCUT2D eigenvalue weighted by Crippen LogP contribution is 2.18. The van der Waals surface area contributed by atoms with Crippen LogP contribution in [0.15, 0.2) is 35.8 Å². The highest BCUT2D eigenvalue weighted by molar-refractivity contribution is 7.10. The summed E-state index contributed by atoms with van der Waals surface area (Å²) in [6.45, 7) is 4.65. The van der Waals surface area contributed by atoms with E-state index in [1.807, 2.05) is 36.7 Å². The highest BCUT2D eigenvalue weighted by atomic mass is 32.1. The summed E-state index contributed by atoms with van der Waals surface area (Å²) in [5.74, 6) is 1.04. The molecule has 24 heavy (non-hydrogen) atoms. The number of carbonyl (C=O) groups is 1. The fourth-order valence-electron chi connectivity index (χ4n) is 2.87. The summed E-state index contributed by atoms with van der Waals surface area (Å²) in [7, 11) is 0. The summed E-state index contributed by atoms with van der Waals surface area (Å²) < 4.78 is 0. The predicted octanol–water partition coefficient (Wildman–Crippen LogP) is 3.69. The van der Waals surface area contributed by atoms with Crippen LogP contribution in [0, 0.1) is 0 Å². The van der Waals surface area contributed by atoms with Crippen molar-refractivity contribution in [2.45, 2.75) is 38.8 Å². The summed E-state index contributed by atoms with van der Waals surface area (Å²) in [5.41, 5.74) is 1.01. The maximum absolute atomic E-state index is 12.0. The second-order valence-electron chi connectivity index (χ2n) is 6.14. The Kier molecular flexibility index (Phi) is 5.69. The van der Waals surface area contributed by atoms with E-state index >= 15 is 0 Å². The SMILES string of the molecule is C[C@@H](NC(=O)NCc1ccc(N2CCCCC2)nc1)c1cccs1. The van der Waals surface area contributed by atoms with Gasteiger partial charge >= 0.3 is 6.03 Å². The standard InChI is InChI=1S/C18H24N4OS/c1-14(16-6-5-11-24-16)21-18(23)20-13-15-7-8-17(19-12-15)22-9-3-2-4-10-22/h5-8,11-12,14H,2-4,9-10,13H2,1H3,(H2,20,21,23)/t14-/m1/s1. The number of thiophene rings is 1. The molecule has 0 saturated carbocycles. The Morgan fingerprint density at radius 3 is 2.79 bits per heavy atom. The van der Waals surface area contributed by atoms with Crippen molar-refractivity contribution in [1.29, 1.82) is 0 Å². The minimum Gasteiger partial charge on any atom is -0.357 e. The van der Waals surface area contributed by atoms with Crippen LogP contribution < -0.4 is 15.5 Å². The summed E-state index contributed by atoms with van der Waals surface area (Å²) in [5, 5.41) is 7.85. The number of hydrogen-bond acceptors (Lipinski definition) is 4. The smallest absolute Gasteiger partial charge is 0.315 e. The molecule has 3 heterocycles. The van der Waals surface area contributed by atoms with Crippen molar-refractivity contribution in [3.8, 4) is 0 Å². The van der Waals surface area contributed by atoms with Crippen molar-refractivity contribution in [1.82, 2.24) is 15.6 Å². The van der Waals surface area contributed by atoms with Gasteiger partial charge in [-0.25, -0.2) is 9.78 Å². The number of pyridine rings is 1. The molecule has 6 heteroatoms. The van der Waals surface area contributed by atoms with Gasteiger partial charge in [-0.05, 0) is 49.3 Å². The van der Waals surface area contributed by atoms with Gasteiger partial charge in [0.05, 0.1) is 6.04 Å².